The Bertz CT molecular complexity index is 1490. The van der Waals surface area contributed by atoms with Gasteiger partial charge >= 0.3 is 7.12 Å². The van der Waals surface area contributed by atoms with Gasteiger partial charge in [0, 0.05) is 28.0 Å². The Labute approximate surface area is 205 Å². The zero-order valence-corrected chi connectivity index (χ0v) is 20.5. The quantitative estimate of drug-likeness (QED) is 0.341. The van der Waals surface area contributed by atoms with Gasteiger partial charge in [0.25, 0.3) is 0 Å². The highest BCUT2D eigenvalue weighted by Gasteiger charge is 2.52. The maximum Gasteiger partial charge on any atom is 0.494 e. The number of nitrogens with zero attached hydrogens (tertiary/aromatic N) is 1. The second-order valence-electron chi connectivity index (χ2n) is 10.8. The molecular weight excluding hydrogens is 433 g/mol. The lowest BCUT2D eigenvalue weighted by molar-refractivity contribution is 0.00578. The van der Waals surface area contributed by atoms with Crippen LogP contribution < -0.4 is 10.2 Å². The van der Waals surface area contributed by atoms with Gasteiger partial charge in [-0.1, -0.05) is 48.5 Å². The van der Waals surface area contributed by atoms with Crippen molar-refractivity contribution in [2.24, 2.45) is 0 Å². The van der Waals surface area contributed by atoms with Crippen LogP contribution in [0, 0.1) is 0 Å². The van der Waals surface area contributed by atoms with Gasteiger partial charge in [0.05, 0.1) is 22.2 Å². The summed E-state index contributed by atoms with van der Waals surface area (Å²) in [5, 5.41) is 2.54. The van der Waals surface area contributed by atoms with Gasteiger partial charge in [-0.3, -0.25) is 0 Å². The summed E-state index contributed by atoms with van der Waals surface area (Å²) >= 11 is 0. The number of hydrogen-bond acceptors (Lipinski definition) is 3. The maximum atomic E-state index is 6.33. The highest BCUT2D eigenvalue weighted by molar-refractivity contribution is 6.62. The predicted octanol–water partition coefficient (Wildman–Crippen LogP) is 6.05. The summed E-state index contributed by atoms with van der Waals surface area (Å²) in [5.74, 6) is 1.07. The Morgan fingerprint density at radius 1 is 0.800 bits per heavy atom. The molecule has 3 aromatic carbocycles. The summed E-state index contributed by atoms with van der Waals surface area (Å²) < 4.78 is 21.3. The second-order valence-corrected chi connectivity index (χ2v) is 10.8. The fourth-order valence-electron chi connectivity index (χ4n) is 5.58. The van der Waals surface area contributed by atoms with Crippen LogP contribution in [0.1, 0.15) is 39.2 Å². The first-order valence-corrected chi connectivity index (χ1v) is 12.4. The molecule has 0 amide bonds. The molecule has 174 valence electrons. The van der Waals surface area contributed by atoms with Gasteiger partial charge < -0.3 is 18.6 Å². The van der Waals surface area contributed by atoms with Crippen molar-refractivity contribution in [3.8, 4) is 5.75 Å². The van der Waals surface area contributed by atoms with E-state index in [0.717, 1.165) is 11.2 Å². The van der Waals surface area contributed by atoms with Crippen molar-refractivity contribution in [2.75, 3.05) is 0 Å². The summed E-state index contributed by atoms with van der Waals surface area (Å²) in [5.41, 5.74) is 5.08. The molecule has 3 aliphatic rings. The Morgan fingerprint density at radius 3 is 2.09 bits per heavy atom. The van der Waals surface area contributed by atoms with E-state index in [9.17, 15) is 0 Å². The van der Waals surface area contributed by atoms with E-state index in [4.69, 9.17) is 14.0 Å². The standard InChI is InChI=1S/C30H28BNO3/c1-29(2)30(3,4)35-31(34-29)19-13-15-27-23(17-19)24-18-20(14-16-28(24)33-27)32-25-11-7-5-9-21(25)22-10-6-8-12-26(22)32/h5-18,24,28H,1-4H3. The van der Waals surface area contributed by atoms with Gasteiger partial charge in [-0.05, 0) is 69.6 Å². The normalized spacial score (nSPS) is 23.9. The van der Waals surface area contributed by atoms with Crippen LogP contribution in [0.5, 0.6) is 5.75 Å². The summed E-state index contributed by atoms with van der Waals surface area (Å²) in [6.45, 7) is 8.36. The Kier molecular flexibility index (Phi) is 4.28. The van der Waals surface area contributed by atoms with Gasteiger partial charge in [0.2, 0.25) is 0 Å². The number of benzene rings is 3. The first-order valence-electron chi connectivity index (χ1n) is 12.4. The zero-order valence-electron chi connectivity index (χ0n) is 20.5. The van der Waals surface area contributed by atoms with Crippen LogP contribution in [0.2, 0.25) is 0 Å². The monoisotopic (exact) mass is 461 g/mol. The Morgan fingerprint density at radius 2 is 1.43 bits per heavy atom. The van der Waals surface area contributed by atoms with Gasteiger partial charge in [0.1, 0.15) is 11.9 Å². The molecule has 2 aliphatic heterocycles. The van der Waals surface area contributed by atoms with Crippen LogP contribution in [0.3, 0.4) is 0 Å². The number of hydrogen-bond donors (Lipinski definition) is 0. The van der Waals surface area contributed by atoms with Crippen LogP contribution in [-0.2, 0) is 9.31 Å². The highest BCUT2D eigenvalue weighted by atomic mass is 16.7. The number of para-hydroxylation sites is 2. The van der Waals surface area contributed by atoms with Crippen molar-refractivity contribution in [1.29, 1.82) is 0 Å². The average Bonchev–Trinajstić information content (AvgIpc) is 3.45. The molecule has 7 rings (SSSR count). The van der Waals surface area contributed by atoms with E-state index in [1.165, 1.54) is 33.1 Å². The van der Waals surface area contributed by atoms with E-state index in [1.54, 1.807) is 0 Å². The number of allylic oxidation sites excluding steroid dienone is 2. The maximum absolute atomic E-state index is 6.33. The highest BCUT2D eigenvalue weighted by Crippen LogP contribution is 2.44. The minimum Gasteiger partial charge on any atom is -0.485 e. The molecule has 5 heteroatoms. The summed E-state index contributed by atoms with van der Waals surface area (Å²) in [6.07, 6.45) is 6.73. The van der Waals surface area contributed by atoms with Crippen molar-refractivity contribution in [2.45, 2.75) is 50.9 Å². The first kappa shape index (κ1) is 21.0. The van der Waals surface area contributed by atoms with Crippen LogP contribution in [0.4, 0.5) is 0 Å². The number of fused-ring (bicyclic) bond motifs is 6. The molecule has 0 spiro atoms. The van der Waals surface area contributed by atoms with Gasteiger partial charge in [-0.15, -0.1) is 0 Å². The summed E-state index contributed by atoms with van der Waals surface area (Å²) in [7, 11) is -0.385. The topological polar surface area (TPSA) is 32.6 Å². The number of ether oxygens (including phenoxy) is 1. The van der Waals surface area contributed by atoms with Crippen LogP contribution in [-0.4, -0.2) is 29.0 Å². The van der Waals surface area contributed by atoms with Crippen molar-refractivity contribution < 1.29 is 14.0 Å². The molecule has 0 bridgehead atoms. The summed E-state index contributed by atoms with van der Waals surface area (Å²) in [6, 6.07) is 23.6. The molecule has 4 aromatic rings. The Hall–Kier alpha value is -3.28. The molecule has 35 heavy (non-hydrogen) atoms. The first-order chi connectivity index (χ1) is 16.8. The molecule has 1 aliphatic carbocycles. The lowest BCUT2D eigenvalue weighted by Crippen LogP contribution is -2.41. The van der Waals surface area contributed by atoms with Crippen molar-refractivity contribution >= 4 is 40.1 Å². The lowest BCUT2D eigenvalue weighted by atomic mass is 9.77. The molecule has 0 saturated carbocycles. The van der Waals surface area contributed by atoms with E-state index in [2.05, 4.69) is 117 Å². The molecule has 2 atom stereocenters. The molecule has 2 unspecified atom stereocenters. The van der Waals surface area contributed by atoms with E-state index in [0.29, 0.717) is 0 Å². The third-order valence-electron chi connectivity index (χ3n) is 8.18. The molecule has 3 heterocycles. The second kappa shape index (κ2) is 7.13. The fourth-order valence-corrected chi connectivity index (χ4v) is 5.58. The van der Waals surface area contributed by atoms with E-state index in [1.807, 2.05) is 0 Å². The molecule has 4 nitrogen and oxygen atoms in total. The van der Waals surface area contributed by atoms with Crippen LogP contribution >= 0.6 is 0 Å². The predicted molar refractivity (Wildman–Crippen MR) is 142 cm³/mol. The van der Waals surface area contributed by atoms with Crippen LogP contribution in [0.15, 0.2) is 85.0 Å². The van der Waals surface area contributed by atoms with Crippen molar-refractivity contribution in [3.05, 3.63) is 90.5 Å². The Balaban J connectivity index is 1.32. The van der Waals surface area contributed by atoms with Gasteiger partial charge in [0.15, 0.2) is 0 Å². The molecule has 1 aromatic heterocycles. The number of aromatic nitrogens is 1. The molecule has 1 saturated heterocycles. The third kappa shape index (κ3) is 3.01. The number of rotatable bonds is 2. The smallest absolute Gasteiger partial charge is 0.485 e. The molecule has 1 fully saturated rings. The average molecular weight is 461 g/mol. The van der Waals surface area contributed by atoms with Gasteiger partial charge in [-0.2, -0.15) is 0 Å². The molecule has 0 N–H and O–H groups in total. The lowest BCUT2D eigenvalue weighted by Gasteiger charge is -2.32. The largest absolute Gasteiger partial charge is 0.494 e. The van der Waals surface area contributed by atoms with E-state index >= 15 is 0 Å². The fraction of sp³-hybridized carbons (Fsp3) is 0.267. The zero-order chi connectivity index (χ0) is 23.9. The van der Waals surface area contributed by atoms with Crippen LogP contribution in [0.25, 0.3) is 27.5 Å². The van der Waals surface area contributed by atoms with E-state index < -0.39 is 0 Å². The van der Waals surface area contributed by atoms with Crippen molar-refractivity contribution in [3.63, 3.8) is 0 Å². The minimum atomic E-state index is -0.385. The molecule has 0 radical (unpaired) electrons. The summed E-state index contributed by atoms with van der Waals surface area (Å²) in [4.78, 5) is 0. The third-order valence-corrected chi connectivity index (χ3v) is 8.18. The van der Waals surface area contributed by atoms with E-state index in [-0.39, 0.29) is 30.3 Å². The minimum absolute atomic E-state index is 0.00427. The van der Waals surface area contributed by atoms with Crippen molar-refractivity contribution in [1.82, 2.24) is 4.57 Å². The molecular formula is C30H28BNO3. The SMILES string of the molecule is CC1(C)OB(c2ccc3c(c2)C2C=C(n4c5ccccc5c5ccccc54)C=CC2O3)OC1(C)C. The van der Waals surface area contributed by atoms with Gasteiger partial charge in [-0.25, -0.2) is 0 Å².